The second kappa shape index (κ2) is 6.67. The molecule has 20 heavy (non-hydrogen) atoms. The zero-order valence-corrected chi connectivity index (χ0v) is 12.4. The average Bonchev–Trinajstić information content (AvgIpc) is 2.44. The molecule has 0 saturated heterocycles. The van der Waals surface area contributed by atoms with Crippen LogP contribution in [-0.4, -0.2) is 6.54 Å². The molecule has 0 aliphatic rings. The molecule has 2 aromatic rings. The van der Waals surface area contributed by atoms with E-state index < -0.39 is 0 Å². The maximum absolute atomic E-state index is 14.2. The lowest BCUT2D eigenvalue weighted by Crippen LogP contribution is -2.24. The van der Waals surface area contributed by atoms with Crippen molar-refractivity contribution in [2.75, 3.05) is 6.54 Å². The van der Waals surface area contributed by atoms with Crippen LogP contribution in [0.3, 0.4) is 0 Å². The molecule has 0 aromatic heterocycles. The van der Waals surface area contributed by atoms with Crippen LogP contribution < -0.4 is 5.32 Å². The standard InChI is InChI=1S/C18H22FN/c1-4-11-20-18(15-8-5-13(2)6-9-15)16-12-14(3)7-10-17(16)19/h5-10,12,18,20H,4,11H2,1-3H3. The summed E-state index contributed by atoms with van der Waals surface area (Å²) >= 11 is 0. The average molecular weight is 271 g/mol. The minimum absolute atomic E-state index is 0.0875. The second-order valence-electron chi connectivity index (χ2n) is 5.32. The summed E-state index contributed by atoms with van der Waals surface area (Å²) in [4.78, 5) is 0. The fourth-order valence-corrected chi connectivity index (χ4v) is 2.34. The first-order chi connectivity index (χ1) is 9.61. The third-order valence-corrected chi connectivity index (χ3v) is 3.47. The molecule has 0 spiro atoms. The first kappa shape index (κ1) is 14.7. The molecule has 2 heteroatoms. The summed E-state index contributed by atoms with van der Waals surface area (Å²) in [7, 11) is 0. The minimum atomic E-state index is -0.148. The van der Waals surface area contributed by atoms with Gasteiger partial charge in [0, 0.05) is 5.56 Å². The number of aryl methyl sites for hydroxylation is 2. The van der Waals surface area contributed by atoms with Crippen molar-refractivity contribution in [2.24, 2.45) is 0 Å². The number of halogens is 1. The maximum Gasteiger partial charge on any atom is 0.128 e. The summed E-state index contributed by atoms with van der Waals surface area (Å²) < 4.78 is 14.2. The van der Waals surface area contributed by atoms with Crippen molar-refractivity contribution in [3.8, 4) is 0 Å². The van der Waals surface area contributed by atoms with Gasteiger partial charge in [0.25, 0.3) is 0 Å². The number of benzene rings is 2. The van der Waals surface area contributed by atoms with Crippen LogP contribution in [0, 0.1) is 19.7 Å². The molecule has 0 radical (unpaired) electrons. The normalized spacial score (nSPS) is 12.4. The maximum atomic E-state index is 14.2. The Kier molecular flexibility index (Phi) is 4.91. The zero-order chi connectivity index (χ0) is 14.5. The Labute approximate surface area is 120 Å². The van der Waals surface area contributed by atoms with Gasteiger partial charge in [0.1, 0.15) is 5.82 Å². The van der Waals surface area contributed by atoms with Crippen molar-refractivity contribution in [3.63, 3.8) is 0 Å². The molecular formula is C18H22FN. The topological polar surface area (TPSA) is 12.0 Å². The summed E-state index contributed by atoms with van der Waals surface area (Å²) in [5, 5.41) is 3.45. The number of rotatable bonds is 5. The summed E-state index contributed by atoms with van der Waals surface area (Å²) in [5.74, 6) is -0.148. The molecule has 1 N–H and O–H groups in total. The third-order valence-electron chi connectivity index (χ3n) is 3.47. The van der Waals surface area contributed by atoms with E-state index in [1.165, 1.54) is 5.56 Å². The fourth-order valence-electron chi connectivity index (χ4n) is 2.34. The van der Waals surface area contributed by atoms with Crippen LogP contribution in [0.25, 0.3) is 0 Å². The van der Waals surface area contributed by atoms with E-state index in [4.69, 9.17) is 0 Å². The second-order valence-corrected chi connectivity index (χ2v) is 5.32. The van der Waals surface area contributed by atoms with E-state index in [2.05, 4.69) is 43.4 Å². The first-order valence-corrected chi connectivity index (χ1v) is 7.18. The van der Waals surface area contributed by atoms with Crippen molar-refractivity contribution < 1.29 is 4.39 Å². The Morgan fingerprint density at radius 2 is 1.65 bits per heavy atom. The number of hydrogen-bond acceptors (Lipinski definition) is 1. The quantitative estimate of drug-likeness (QED) is 0.842. The Bertz CT molecular complexity index is 560. The van der Waals surface area contributed by atoms with Gasteiger partial charge in [-0.25, -0.2) is 4.39 Å². The van der Waals surface area contributed by atoms with E-state index in [0.29, 0.717) is 0 Å². The number of hydrogen-bond donors (Lipinski definition) is 1. The van der Waals surface area contributed by atoms with E-state index in [-0.39, 0.29) is 11.9 Å². The largest absolute Gasteiger partial charge is 0.306 e. The van der Waals surface area contributed by atoms with Gasteiger partial charge in [-0.05, 0) is 38.4 Å². The summed E-state index contributed by atoms with van der Waals surface area (Å²) in [6.45, 7) is 7.04. The predicted molar refractivity (Wildman–Crippen MR) is 82.5 cm³/mol. The van der Waals surface area contributed by atoms with Crippen molar-refractivity contribution in [1.82, 2.24) is 5.32 Å². The Hall–Kier alpha value is -1.67. The Morgan fingerprint density at radius 1 is 1.00 bits per heavy atom. The van der Waals surface area contributed by atoms with Gasteiger partial charge in [-0.3, -0.25) is 0 Å². The lowest BCUT2D eigenvalue weighted by Gasteiger charge is -2.21. The Balaban J connectivity index is 2.41. The smallest absolute Gasteiger partial charge is 0.128 e. The van der Waals surface area contributed by atoms with E-state index >= 15 is 0 Å². The van der Waals surface area contributed by atoms with Crippen LogP contribution in [0.15, 0.2) is 42.5 Å². The van der Waals surface area contributed by atoms with Crippen molar-refractivity contribution in [2.45, 2.75) is 33.2 Å². The summed E-state index contributed by atoms with van der Waals surface area (Å²) in [5.41, 5.74) is 4.13. The SMILES string of the molecule is CCCNC(c1ccc(C)cc1)c1cc(C)ccc1F. The van der Waals surface area contributed by atoms with E-state index in [1.54, 1.807) is 6.07 Å². The molecule has 1 unspecified atom stereocenters. The van der Waals surface area contributed by atoms with Crippen LogP contribution >= 0.6 is 0 Å². The van der Waals surface area contributed by atoms with Crippen LogP contribution in [0.5, 0.6) is 0 Å². The molecule has 106 valence electrons. The molecular weight excluding hydrogens is 249 g/mol. The minimum Gasteiger partial charge on any atom is -0.306 e. The van der Waals surface area contributed by atoms with Gasteiger partial charge in [-0.1, -0.05) is 54.4 Å². The molecule has 0 aliphatic heterocycles. The molecule has 0 heterocycles. The van der Waals surface area contributed by atoms with Gasteiger partial charge >= 0.3 is 0 Å². The zero-order valence-electron chi connectivity index (χ0n) is 12.4. The molecule has 0 bridgehead atoms. The molecule has 2 rings (SSSR count). The Morgan fingerprint density at radius 3 is 2.30 bits per heavy atom. The van der Waals surface area contributed by atoms with Gasteiger partial charge in [0.05, 0.1) is 6.04 Å². The molecule has 0 aliphatic carbocycles. The summed E-state index contributed by atoms with van der Waals surface area (Å²) in [6, 6.07) is 13.5. The van der Waals surface area contributed by atoms with Gasteiger partial charge in [-0.15, -0.1) is 0 Å². The van der Waals surface area contributed by atoms with Crippen LogP contribution in [0.2, 0.25) is 0 Å². The highest BCUT2D eigenvalue weighted by Gasteiger charge is 2.17. The molecule has 2 aromatic carbocycles. The monoisotopic (exact) mass is 271 g/mol. The lowest BCUT2D eigenvalue weighted by molar-refractivity contribution is 0.546. The predicted octanol–water partition coefficient (Wildman–Crippen LogP) is 4.53. The third kappa shape index (κ3) is 3.45. The van der Waals surface area contributed by atoms with Crippen molar-refractivity contribution >= 4 is 0 Å². The van der Waals surface area contributed by atoms with E-state index in [9.17, 15) is 4.39 Å². The van der Waals surface area contributed by atoms with E-state index in [0.717, 1.165) is 29.7 Å². The van der Waals surface area contributed by atoms with Gasteiger partial charge in [-0.2, -0.15) is 0 Å². The fraction of sp³-hybridized carbons (Fsp3) is 0.333. The molecule has 0 saturated carbocycles. The molecule has 0 amide bonds. The summed E-state index contributed by atoms with van der Waals surface area (Å²) in [6.07, 6.45) is 1.02. The van der Waals surface area contributed by atoms with Crippen LogP contribution in [0.1, 0.15) is 41.6 Å². The lowest BCUT2D eigenvalue weighted by atomic mass is 9.96. The van der Waals surface area contributed by atoms with E-state index in [1.807, 2.05) is 19.1 Å². The number of nitrogens with one attached hydrogen (secondary N) is 1. The highest BCUT2D eigenvalue weighted by atomic mass is 19.1. The molecule has 1 atom stereocenters. The van der Waals surface area contributed by atoms with Crippen molar-refractivity contribution in [1.29, 1.82) is 0 Å². The van der Waals surface area contributed by atoms with Gasteiger partial charge in [0.15, 0.2) is 0 Å². The van der Waals surface area contributed by atoms with Crippen LogP contribution in [0.4, 0.5) is 4.39 Å². The first-order valence-electron chi connectivity index (χ1n) is 7.18. The van der Waals surface area contributed by atoms with Gasteiger partial charge < -0.3 is 5.32 Å². The highest BCUT2D eigenvalue weighted by molar-refractivity contribution is 5.36. The molecule has 1 nitrogen and oxygen atoms in total. The van der Waals surface area contributed by atoms with Crippen LogP contribution in [-0.2, 0) is 0 Å². The molecule has 0 fully saturated rings. The van der Waals surface area contributed by atoms with Crippen molar-refractivity contribution in [3.05, 3.63) is 70.5 Å². The van der Waals surface area contributed by atoms with Gasteiger partial charge in [0.2, 0.25) is 0 Å². The highest BCUT2D eigenvalue weighted by Crippen LogP contribution is 2.25.